The smallest absolute Gasteiger partial charge is 0.180 e. The Morgan fingerprint density at radius 3 is 2.83 bits per heavy atom. The number of hydrogen-bond donors (Lipinski definition) is 2. The molecule has 0 atom stereocenters. The zero-order chi connectivity index (χ0) is 17.1. The minimum atomic E-state index is 0.712. The van der Waals surface area contributed by atoms with E-state index in [1.165, 1.54) is 0 Å². The molecule has 0 unspecified atom stereocenters. The molecule has 7 heteroatoms. The topological polar surface area (TPSA) is 70.4 Å². The highest BCUT2D eigenvalue weighted by molar-refractivity contribution is 5.73. The second-order valence-corrected chi connectivity index (χ2v) is 5.57. The lowest BCUT2D eigenvalue weighted by Gasteiger charge is -2.13. The quantitative estimate of drug-likeness (QED) is 0.703. The van der Waals surface area contributed by atoms with Gasteiger partial charge in [0.2, 0.25) is 0 Å². The molecule has 0 saturated heterocycles. The molecule has 0 amide bonds. The van der Waals surface area contributed by atoms with Gasteiger partial charge in [0.15, 0.2) is 11.5 Å². The molecule has 124 valence electrons. The van der Waals surface area contributed by atoms with Crippen LogP contribution in [0.4, 0.5) is 11.5 Å². The first kappa shape index (κ1) is 15.9. The molecule has 0 aliphatic heterocycles. The summed E-state index contributed by atoms with van der Waals surface area (Å²) in [4.78, 5) is 13.2. The maximum Gasteiger partial charge on any atom is 0.180 e. The lowest BCUT2D eigenvalue weighted by Crippen LogP contribution is -2.25. The van der Waals surface area contributed by atoms with Crippen LogP contribution >= 0.6 is 0 Å². The number of allylic oxidation sites excluding steroid dienone is 1. The molecule has 24 heavy (non-hydrogen) atoms. The molecule has 0 aliphatic carbocycles. The summed E-state index contributed by atoms with van der Waals surface area (Å²) in [7, 11) is 3.83. The van der Waals surface area contributed by atoms with Gasteiger partial charge in [-0.15, -0.1) is 0 Å². The minimum Gasteiger partial charge on any atom is -0.337 e. The van der Waals surface area contributed by atoms with E-state index in [9.17, 15) is 0 Å². The average molecular weight is 323 g/mol. The highest BCUT2D eigenvalue weighted by atomic mass is 15.5. The predicted octanol–water partition coefficient (Wildman–Crippen LogP) is 2.60. The van der Waals surface area contributed by atoms with E-state index in [1.807, 2.05) is 61.2 Å². The number of anilines is 2. The average Bonchev–Trinajstić information content (AvgIpc) is 3.00. The Labute approximate surface area is 141 Å². The van der Waals surface area contributed by atoms with Crippen LogP contribution in [0.25, 0.3) is 11.2 Å². The molecule has 0 radical (unpaired) electrons. The fourth-order valence-electron chi connectivity index (χ4n) is 2.48. The van der Waals surface area contributed by atoms with Crippen molar-refractivity contribution in [2.24, 2.45) is 0 Å². The Balaban J connectivity index is 1.99. The fourth-order valence-corrected chi connectivity index (χ4v) is 2.48. The molecular formula is C17H21N7. The molecule has 0 saturated carbocycles. The van der Waals surface area contributed by atoms with Gasteiger partial charge >= 0.3 is 0 Å². The summed E-state index contributed by atoms with van der Waals surface area (Å²) in [5.74, 6) is 0.712. The van der Waals surface area contributed by atoms with Crippen molar-refractivity contribution in [3.63, 3.8) is 0 Å². The first-order valence-corrected chi connectivity index (χ1v) is 7.69. The van der Waals surface area contributed by atoms with Gasteiger partial charge in [0, 0.05) is 50.3 Å². The first-order valence-electron chi connectivity index (χ1n) is 7.69. The van der Waals surface area contributed by atoms with Gasteiger partial charge in [-0.25, -0.2) is 15.4 Å². The van der Waals surface area contributed by atoms with Gasteiger partial charge in [-0.1, -0.05) is 0 Å². The van der Waals surface area contributed by atoms with E-state index in [1.54, 1.807) is 12.4 Å². The summed E-state index contributed by atoms with van der Waals surface area (Å²) in [6, 6.07) is 3.89. The van der Waals surface area contributed by atoms with Crippen molar-refractivity contribution < 1.29 is 0 Å². The first-order chi connectivity index (χ1) is 11.6. The van der Waals surface area contributed by atoms with Crippen molar-refractivity contribution in [1.29, 1.82) is 0 Å². The van der Waals surface area contributed by atoms with Crippen LogP contribution in [0.3, 0.4) is 0 Å². The van der Waals surface area contributed by atoms with Crippen LogP contribution in [0, 0.1) is 6.92 Å². The van der Waals surface area contributed by atoms with E-state index in [2.05, 4.69) is 32.6 Å². The number of hydrogen-bond acceptors (Lipinski definition) is 6. The van der Waals surface area contributed by atoms with Crippen LogP contribution in [0.15, 0.2) is 43.1 Å². The third kappa shape index (κ3) is 3.21. The third-order valence-corrected chi connectivity index (χ3v) is 3.73. The lowest BCUT2D eigenvalue weighted by molar-refractivity contribution is 0.366. The van der Waals surface area contributed by atoms with Crippen molar-refractivity contribution >= 4 is 22.7 Å². The molecule has 3 aromatic rings. The third-order valence-electron chi connectivity index (χ3n) is 3.73. The zero-order valence-electron chi connectivity index (χ0n) is 14.3. The Morgan fingerprint density at radius 1 is 1.25 bits per heavy atom. The van der Waals surface area contributed by atoms with E-state index >= 15 is 0 Å². The molecule has 0 aromatic carbocycles. The number of rotatable bonds is 5. The predicted molar refractivity (Wildman–Crippen MR) is 95.7 cm³/mol. The van der Waals surface area contributed by atoms with Gasteiger partial charge in [-0.2, -0.15) is 0 Å². The summed E-state index contributed by atoms with van der Waals surface area (Å²) < 4.78 is 2.03. The summed E-state index contributed by atoms with van der Waals surface area (Å²) in [5.41, 5.74) is 7.83. The molecule has 0 fully saturated rings. The summed E-state index contributed by atoms with van der Waals surface area (Å²) in [6.45, 7) is 4.01. The van der Waals surface area contributed by atoms with Crippen LogP contribution in [-0.4, -0.2) is 38.5 Å². The Kier molecular flexibility index (Phi) is 4.43. The van der Waals surface area contributed by atoms with Gasteiger partial charge in [-0.3, -0.25) is 9.38 Å². The van der Waals surface area contributed by atoms with E-state index < -0.39 is 0 Å². The van der Waals surface area contributed by atoms with Crippen LogP contribution in [0.2, 0.25) is 0 Å². The summed E-state index contributed by atoms with van der Waals surface area (Å²) in [6.07, 6.45) is 9.33. The van der Waals surface area contributed by atoms with Crippen molar-refractivity contribution in [3.8, 4) is 0 Å². The molecule has 3 aromatic heterocycles. The normalized spacial score (nSPS) is 11.8. The highest BCUT2D eigenvalue weighted by Gasteiger charge is 2.10. The largest absolute Gasteiger partial charge is 0.337 e. The van der Waals surface area contributed by atoms with Crippen LogP contribution in [-0.2, 0) is 0 Å². The van der Waals surface area contributed by atoms with Gasteiger partial charge in [0.1, 0.15) is 0 Å². The maximum atomic E-state index is 4.53. The van der Waals surface area contributed by atoms with Crippen LogP contribution in [0.5, 0.6) is 0 Å². The molecule has 7 nitrogen and oxygen atoms in total. The van der Waals surface area contributed by atoms with Gasteiger partial charge in [-0.05, 0) is 31.6 Å². The van der Waals surface area contributed by atoms with Crippen LogP contribution in [0.1, 0.15) is 18.3 Å². The van der Waals surface area contributed by atoms with Crippen molar-refractivity contribution in [3.05, 3.63) is 54.5 Å². The standard InChI is InChI=1S/C17H21N7/c1-12(11-23(4)18-3)15-10-21-17-16(20-7-8-24(15)17)22-14-5-6-19-13(2)9-14/h5-11,18H,1-4H3,(H,19,20,22)/b12-11+. The van der Waals surface area contributed by atoms with Crippen molar-refractivity contribution in [2.75, 3.05) is 19.4 Å². The molecule has 0 bridgehead atoms. The molecule has 0 spiro atoms. The number of aromatic nitrogens is 4. The van der Waals surface area contributed by atoms with Gasteiger partial charge < -0.3 is 10.3 Å². The minimum absolute atomic E-state index is 0.712. The molecule has 2 N–H and O–H groups in total. The van der Waals surface area contributed by atoms with Crippen molar-refractivity contribution in [2.45, 2.75) is 13.8 Å². The second-order valence-electron chi connectivity index (χ2n) is 5.57. The highest BCUT2D eigenvalue weighted by Crippen LogP contribution is 2.22. The molecule has 3 heterocycles. The summed E-state index contributed by atoms with van der Waals surface area (Å²) >= 11 is 0. The number of imidazole rings is 1. The zero-order valence-corrected chi connectivity index (χ0v) is 14.3. The van der Waals surface area contributed by atoms with Crippen LogP contribution < -0.4 is 10.7 Å². The monoisotopic (exact) mass is 323 g/mol. The molecule has 3 rings (SSSR count). The Morgan fingerprint density at radius 2 is 2.08 bits per heavy atom. The van der Waals surface area contributed by atoms with Gasteiger partial charge in [0.05, 0.1) is 11.9 Å². The fraction of sp³-hybridized carbons (Fsp3) is 0.235. The Hall–Kier alpha value is -2.93. The second kappa shape index (κ2) is 6.67. The van der Waals surface area contributed by atoms with E-state index in [4.69, 9.17) is 0 Å². The Bertz CT molecular complexity index is 882. The van der Waals surface area contributed by atoms with E-state index in [-0.39, 0.29) is 0 Å². The van der Waals surface area contributed by atoms with Crippen molar-refractivity contribution in [1.82, 2.24) is 29.8 Å². The van der Waals surface area contributed by atoms with Gasteiger partial charge in [0.25, 0.3) is 0 Å². The maximum absolute atomic E-state index is 4.53. The number of hydrazine groups is 1. The SMILES string of the molecule is CNN(C)/C=C(\C)c1cnc2c(Nc3ccnc(C)c3)nccn12. The summed E-state index contributed by atoms with van der Waals surface area (Å²) in [5, 5.41) is 5.21. The number of fused-ring (bicyclic) bond motifs is 1. The number of pyridine rings is 1. The number of nitrogens with one attached hydrogen (secondary N) is 2. The number of aryl methyl sites for hydroxylation is 1. The lowest BCUT2D eigenvalue weighted by atomic mass is 10.2. The van der Waals surface area contributed by atoms with E-state index in [0.29, 0.717) is 5.82 Å². The molecular weight excluding hydrogens is 302 g/mol. The van der Waals surface area contributed by atoms with E-state index in [0.717, 1.165) is 28.3 Å². The molecule has 0 aliphatic rings. The number of nitrogens with zero attached hydrogens (tertiary/aromatic N) is 5.